The summed E-state index contributed by atoms with van der Waals surface area (Å²) in [4.78, 5) is 18.0. The molecule has 1 N–H and O–H groups in total. The average Bonchev–Trinajstić information content (AvgIpc) is 3.41. The van der Waals surface area contributed by atoms with Crippen LogP contribution in [-0.4, -0.2) is 47.0 Å². The van der Waals surface area contributed by atoms with Crippen molar-refractivity contribution in [3.05, 3.63) is 64.5 Å². The number of aromatic hydroxyl groups is 1. The number of benzene rings is 2. The largest absolute Gasteiger partial charge is 0.508 e. The Morgan fingerprint density at radius 3 is 2.76 bits per heavy atom. The Kier molecular flexibility index (Phi) is 5.02. The topological polar surface area (TPSA) is 43.8 Å². The molecule has 2 aliphatic rings. The number of hydrogen-bond acceptors (Lipinski definition) is 4. The van der Waals surface area contributed by atoms with E-state index in [1.165, 1.54) is 22.9 Å². The van der Waals surface area contributed by atoms with Crippen molar-refractivity contribution in [3.8, 4) is 5.75 Å². The molecule has 1 unspecified atom stereocenters. The quantitative estimate of drug-likeness (QED) is 0.700. The fraction of sp³-hybridized carbons (Fsp3) is 0.375. The van der Waals surface area contributed by atoms with E-state index in [0.717, 1.165) is 36.3 Å². The Hall–Kier alpha value is -2.37. The van der Waals surface area contributed by atoms with E-state index in [4.69, 9.17) is 0 Å². The van der Waals surface area contributed by atoms with Gasteiger partial charge in [0.25, 0.3) is 0 Å². The molecular weight excluding hydrogens is 380 g/mol. The molecule has 2 aromatic carbocycles. The molecule has 5 heteroatoms. The maximum atomic E-state index is 13.5. The van der Waals surface area contributed by atoms with Gasteiger partial charge in [-0.2, -0.15) is 0 Å². The number of likely N-dealkylation sites (tertiary alicyclic amines) is 1. The van der Waals surface area contributed by atoms with E-state index in [9.17, 15) is 9.90 Å². The van der Waals surface area contributed by atoms with Crippen molar-refractivity contribution in [2.75, 3.05) is 26.2 Å². The van der Waals surface area contributed by atoms with Crippen LogP contribution in [0.1, 0.15) is 35.6 Å². The van der Waals surface area contributed by atoms with Crippen LogP contribution in [0.4, 0.5) is 0 Å². The lowest BCUT2D eigenvalue weighted by molar-refractivity contribution is -0.133. The summed E-state index contributed by atoms with van der Waals surface area (Å²) in [5.41, 5.74) is 3.24. The molecule has 1 saturated heterocycles. The zero-order chi connectivity index (χ0) is 19.8. The second kappa shape index (κ2) is 7.81. The van der Waals surface area contributed by atoms with E-state index >= 15 is 0 Å². The van der Waals surface area contributed by atoms with E-state index in [2.05, 4.69) is 39.4 Å². The van der Waals surface area contributed by atoms with E-state index in [1.807, 2.05) is 12.1 Å². The number of nitrogens with zero attached hydrogens (tertiary/aromatic N) is 2. The van der Waals surface area contributed by atoms with E-state index < -0.39 is 0 Å². The molecule has 4 nitrogen and oxygen atoms in total. The van der Waals surface area contributed by atoms with Gasteiger partial charge in [0.15, 0.2) is 0 Å². The lowest BCUT2D eigenvalue weighted by Gasteiger charge is -2.39. The third-order valence-corrected chi connectivity index (χ3v) is 7.29. The lowest BCUT2D eigenvalue weighted by Crippen LogP contribution is -2.45. The van der Waals surface area contributed by atoms with Crippen molar-refractivity contribution in [2.45, 2.75) is 31.7 Å². The minimum Gasteiger partial charge on any atom is -0.508 e. The first-order valence-corrected chi connectivity index (χ1v) is 11.4. The predicted octanol–water partition coefficient (Wildman–Crippen LogP) is 4.37. The molecular formula is C24H26N2O2S. The van der Waals surface area contributed by atoms with E-state index in [1.54, 1.807) is 17.4 Å². The molecule has 3 heterocycles. The smallest absolute Gasteiger partial charge is 0.227 e. The van der Waals surface area contributed by atoms with Crippen molar-refractivity contribution in [1.29, 1.82) is 0 Å². The van der Waals surface area contributed by atoms with Gasteiger partial charge in [-0.3, -0.25) is 4.79 Å². The summed E-state index contributed by atoms with van der Waals surface area (Å²) in [7, 11) is 0. The highest BCUT2D eigenvalue weighted by atomic mass is 32.1. The molecule has 150 valence electrons. The molecule has 1 fully saturated rings. The average molecular weight is 407 g/mol. The molecule has 0 saturated carbocycles. The van der Waals surface area contributed by atoms with Gasteiger partial charge < -0.3 is 14.9 Å². The second-order valence-corrected chi connectivity index (χ2v) is 9.08. The normalized spacial score (nSPS) is 19.6. The summed E-state index contributed by atoms with van der Waals surface area (Å²) in [5.74, 6) is 0.547. The zero-order valence-electron chi connectivity index (χ0n) is 16.5. The minimum atomic E-state index is 0.0122. The first-order valence-electron chi connectivity index (χ1n) is 10.5. The van der Waals surface area contributed by atoms with Gasteiger partial charge in [-0.25, -0.2) is 0 Å². The van der Waals surface area contributed by atoms with Gasteiger partial charge in [0.05, 0.1) is 12.5 Å². The maximum Gasteiger partial charge on any atom is 0.227 e. The highest BCUT2D eigenvalue weighted by Crippen LogP contribution is 2.36. The van der Waals surface area contributed by atoms with Crippen molar-refractivity contribution >= 4 is 27.3 Å². The third kappa shape index (κ3) is 3.53. The molecule has 0 radical (unpaired) electrons. The molecule has 1 amide bonds. The molecule has 0 bridgehead atoms. The first kappa shape index (κ1) is 18.6. The van der Waals surface area contributed by atoms with Gasteiger partial charge in [-0.15, -0.1) is 11.3 Å². The molecule has 0 spiro atoms. The number of carbonyl (C=O) groups is 1. The fourth-order valence-electron chi connectivity index (χ4n) is 4.91. The van der Waals surface area contributed by atoms with Crippen LogP contribution in [0.2, 0.25) is 0 Å². The maximum absolute atomic E-state index is 13.5. The molecule has 2 aliphatic heterocycles. The summed E-state index contributed by atoms with van der Waals surface area (Å²) in [6, 6.07) is 14.1. The molecule has 29 heavy (non-hydrogen) atoms. The minimum absolute atomic E-state index is 0.0122. The van der Waals surface area contributed by atoms with Crippen LogP contribution in [-0.2, 0) is 17.6 Å². The standard InChI is InChI=1S/C24H26N2O2S/c27-22-7-4-6-19-20(22)9-13-26(21(19)16-25-11-1-2-12-25)24(28)15-17-5-3-8-23-18(17)10-14-29-23/h3-8,10,14,21,27H,1-2,9,11-13,15-16H2. The van der Waals surface area contributed by atoms with Crippen molar-refractivity contribution < 1.29 is 9.90 Å². The van der Waals surface area contributed by atoms with Crippen LogP contribution in [0.15, 0.2) is 47.8 Å². The monoisotopic (exact) mass is 406 g/mol. The van der Waals surface area contributed by atoms with Crippen LogP contribution in [0.3, 0.4) is 0 Å². The number of carbonyl (C=O) groups excluding carboxylic acids is 1. The molecule has 3 aromatic rings. The molecule has 0 aliphatic carbocycles. The second-order valence-electron chi connectivity index (χ2n) is 8.13. The van der Waals surface area contributed by atoms with E-state index in [-0.39, 0.29) is 11.9 Å². The van der Waals surface area contributed by atoms with Crippen molar-refractivity contribution in [3.63, 3.8) is 0 Å². The van der Waals surface area contributed by atoms with E-state index in [0.29, 0.717) is 25.1 Å². The van der Waals surface area contributed by atoms with Crippen LogP contribution in [0.5, 0.6) is 5.75 Å². The summed E-state index contributed by atoms with van der Waals surface area (Å²) in [5, 5.41) is 13.7. The Bertz CT molecular complexity index is 1040. The van der Waals surface area contributed by atoms with Gasteiger partial charge in [0, 0.05) is 23.4 Å². The van der Waals surface area contributed by atoms with Gasteiger partial charge >= 0.3 is 0 Å². The predicted molar refractivity (Wildman–Crippen MR) is 117 cm³/mol. The van der Waals surface area contributed by atoms with Gasteiger partial charge in [0.1, 0.15) is 5.75 Å². The van der Waals surface area contributed by atoms with Crippen LogP contribution >= 0.6 is 11.3 Å². The number of thiophene rings is 1. The molecule has 5 rings (SSSR count). The zero-order valence-corrected chi connectivity index (χ0v) is 17.3. The van der Waals surface area contributed by atoms with Crippen LogP contribution < -0.4 is 0 Å². The molecule has 1 aromatic heterocycles. The first-order chi connectivity index (χ1) is 14.2. The van der Waals surface area contributed by atoms with Gasteiger partial charge in [-0.1, -0.05) is 24.3 Å². The van der Waals surface area contributed by atoms with Crippen LogP contribution in [0, 0.1) is 0 Å². The van der Waals surface area contributed by atoms with Gasteiger partial charge in [-0.05, 0) is 72.4 Å². The Morgan fingerprint density at radius 2 is 1.90 bits per heavy atom. The van der Waals surface area contributed by atoms with Crippen LogP contribution in [0.25, 0.3) is 10.1 Å². The number of rotatable bonds is 4. The number of fused-ring (bicyclic) bond motifs is 2. The fourth-order valence-corrected chi connectivity index (χ4v) is 5.75. The van der Waals surface area contributed by atoms with Crippen molar-refractivity contribution in [2.24, 2.45) is 0 Å². The number of amides is 1. The van der Waals surface area contributed by atoms with Gasteiger partial charge in [0.2, 0.25) is 5.91 Å². The number of phenolic OH excluding ortho intramolecular Hbond substituents is 1. The summed E-state index contributed by atoms with van der Waals surface area (Å²) in [6.07, 6.45) is 3.60. The Morgan fingerprint density at radius 1 is 1.07 bits per heavy atom. The summed E-state index contributed by atoms with van der Waals surface area (Å²) >= 11 is 1.72. The summed E-state index contributed by atoms with van der Waals surface area (Å²) in [6.45, 7) is 3.72. The number of phenols is 1. The number of hydrogen-bond donors (Lipinski definition) is 1. The third-order valence-electron chi connectivity index (χ3n) is 6.40. The highest BCUT2D eigenvalue weighted by molar-refractivity contribution is 7.17. The Balaban J connectivity index is 1.45. The molecule has 1 atom stereocenters. The summed E-state index contributed by atoms with van der Waals surface area (Å²) < 4.78 is 1.23. The highest BCUT2D eigenvalue weighted by Gasteiger charge is 2.33. The SMILES string of the molecule is O=C(Cc1cccc2sccc12)N1CCc2c(O)cccc2C1CN1CCCC1. The lowest BCUT2D eigenvalue weighted by atomic mass is 9.90. The van der Waals surface area contributed by atoms with Crippen molar-refractivity contribution in [1.82, 2.24) is 9.80 Å². The Labute approximate surface area is 175 Å².